The van der Waals surface area contributed by atoms with Crippen LogP contribution in [0.1, 0.15) is 13.8 Å². The van der Waals surface area contributed by atoms with Crippen LogP contribution in [0.15, 0.2) is 16.6 Å². The minimum atomic E-state index is -0.850. The first-order valence-corrected chi connectivity index (χ1v) is 5.11. The zero-order valence-corrected chi connectivity index (χ0v) is 9.84. The number of anilines is 1. The highest BCUT2D eigenvalue weighted by atomic mass is 79.9. The van der Waals surface area contributed by atoms with Crippen molar-refractivity contribution in [3.8, 4) is 0 Å². The Kier molecular flexibility index (Phi) is 3.62. The highest BCUT2D eigenvalue weighted by Crippen LogP contribution is 2.31. The molecule has 0 fully saturated rings. The van der Waals surface area contributed by atoms with Crippen molar-refractivity contribution < 1.29 is 9.31 Å². The van der Waals surface area contributed by atoms with E-state index in [-0.39, 0.29) is 11.7 Å². The number of nitrogens with one attached hydrogen (secondary N) is 1. The van der Waals surface area contributed by atoms with E-state index in [1.54, 1.807) is 0 Å². The second-order valence-electron chi connectivity index (χ2n) is 3.34. The molecule has 0 saturated heterocycles. The van der Waals surface area contributed by atoms with Gasteiger partial charge in [0.1, 0.15) is 5.69 Å². The van der Waals surface area contributed by atoms with E-state index in [1.165, 1.54) is 6.07 Å². The van der Waals surface area contributed by atoms with Gasteiger partial charge in [-0.2, -0.15) is 4.39 Å². The van der Waals surface area contributed by atoms with E-state index >= 15 is 0 Å². The summed E-state index contributed by atoms with van der Waals surface area (Å²) >= 11 is 3.08. The van der Waals surface area contributed by atoms with Crippen LogP contribution in [0.3, 0.4) is 0 Å². The fourth-order valence-corrected chi connectivity index (χ4v) is 1.60. The van der Waals surface area contributed by atoms with Crippen molar-refractivity contribution in [2.75, 3.05) is 5.32 Å². The lowest BCUT2D eigenvalue weighted by Gasteiger charge is -2.10. The molecule has 0 aliphatic carbocycles. The molecule has 82 valence electrons. The summed E-state index contributed by atoms with van der Waals surface area (Å²) in [7, 11) is 0. The van der Waals surface area contributed by atoms with Crippen molar-refractivity contribution in [3.63, 3.8) is 0 Å². The molecule has 1 N–H and O–H groups in total. The van der Waals surface area contributed by atoms with E-state index in [1.807, 2.05) is 13.8 Å². The zero-order valence-electron chi connectivity index (χ0n) is 8.25. The predicted octanol–water partition coefficient (Wildman–Crippen LogP) is 3.32. The Morgan fingerprint density at radius 1 is 1.53 bits per heavy atom. The quantitative estimate of drug-likeness (QED) is 0.681. The number of nitro benzene ring substituents is 1. The Hall–Kier alpha value is -1.17. The van der Waals surface area contributed by atoms with Crippen molar-refractivity contribution in [1.29, 1.82) is 0 Å². The lowest BCUT2D eigenvalue weighted by Crippen LogP contribution is -2.12. The Bertz CT molecular complexity index is 396. The second-order valence-corrected chi connectivity index (χ2v) is 4.26. The number of nitro groups is 1. The van der Waals surface area contributed by atoms with E-state index in [9.17, 15) is 14.5 Å². The molecule has 0 heterocycles. The van der Waals surface area contributed by atoms with Gasteiger partial charge in [0.05, 0.1) is 4.92 Å². The third-order valence-electron chi connectivity index (χ3n) is 1.65. The molecule has 0 atom stereocenters. The minimum Gasteiger partial charge on any atom is -0.377 e. The Morgan fingerprint density at radius 2 is 2.13 bits per heavy atom. The molecule has 1 aromatic carbocycles. The average Bonchev–Trinajstić information content (AvgIpc) is 1.99. The Morgan fingerprint density at radius 3 is 2.60 bits per heavy atom. The van der Waals surface area contributed by atoms with Crippen LogP contribution >= 0.6 is 15.9 Å². The smallest absolute Gasteiger partial charge is 0.327 e. The maximum atomic E-state index is 13.3. The van der Waals surface area contributed by atoms with E-state index in [0.29, 0.717) is 4.47 Å². The number of nitrogens with zero attached hydrogens (tertiary/aromatic N) is 1. The van der Waals surface area contributed by atoms with Gasteiger partial charge in [-0.25, -0.2) is 0 Å². The molecular formula is C9H10BrFN2O2. The van der Waals surface area contributed by atoms with Crippen LogP contribution in [-0.2, 0) is 0 Å². The first-order valence-electron chi connectivity index (χ1n) is 4.31. The summed E-state index contributed by atoms with van der Waals surface area (Å²) in [5.74, 6) is -0.850. The Labute approximate surface area is 94.8 Å². The van der Waals surface area contributed by atoms with Crippen LogP contribution < -0.4 is 5.32 Å². The fraction of sp³-hybridized carbons (Fsp3) is 0.333. The van der Waals surface area contributed by atoms with Crippen LogP contribution in [0, 0.1) is 15.9 Å². The largest absolute Gasteiger partial charge is 0.377 e. The molecule has 0 aliphatic heterocycles. The van der Waals surface area contributed by atoms with Gasteiger partial charge >= 0.3 is 5.69 Å². The van der Waals surface area contributed by atoms with Gasteiger partial charge in [0.15, 0.2) is 0 Å². The lowest BCUT2D eigenvalue weighted by atomic mass is 10.2. The number of halogens is 2. The standard InChI is InChI=1S/C9H10BrFN2O2/c1-5(2)12-8-4-6(10)3-7(11)9(8)13(14)15/h3-5,12H,1-2H3. The lowest BCUT2D eigenvalue weighted by molar-refractivity contribution is -0.386. The van der Waals surface area contributed by atoms with Crippen molar-refractivity contribution in [3.05, 3.63) is 32.5 Å². The third-order valence-corrected chi connectivity index (χ3v) is 2.11. The van der Waals surface area contributed by atoms with Crippen LogP contribution in [0.5, 0.6) is 0 Å². The molecule has 0 radical (unpaired) electrons. The average molecular weight is 277 g/mol. The van der Waals surface area contributed by atoms with Gasteiger partial charge in [0.25, 0.3) is 0 Å². The molecule has 0 aromatic heterocycles. The van der Waals surface area contributed by atoms with Gasteiger partial charge in [0.2, 0.25) is 5.82 Å². The monoisotopic (exact) mass is 276 g/mol. The number of rotatable bonds is 3. The molecular weight excluding hydrogens is 267 g/mol. The SMILES string of the molecule is CC(C)Nc1cc(Br)cc(F)c1[N+](=O)[O-]. The second kappa shape index (κ2) is 4.57. The molecule has 1 rings (SSSR count). The molecule has 0 aliphatic rings. The van der Waals surface area contributed by atoms with Gasteiger partial charge in [0, 0.05) is 10.5 Å². The van der Waals surface area contributed by atoms with Gasteiger partial charge < -0.3 is 5.32 Å². The van der Waals surface area contributed by atoms with Crippen molar-refractivity contribution in [2.24, 2.45) is 0 Å². The van der Waals surface area contributed by atoms with Gasteiger partial charge in [-0.1, -0.05) is 15.9 Å². The highest BCUT2D eigenvalue weighted by Gasteiger charge is 2.21. The van der Waals surface area contributed by atoms with Crippen molar-refractivity contribution >= 4 is 27.3 Å². The third kappa shape index (κ3) is 2.89. The molecule has 4 nitrogen and oxygen atoms in total. The molecule has 0 saturated carbocycles. The first-order chi connectivity index (χ1) is 6.91. The molecule has 0 spiro atoms. The van der Waals surface area contributed by atoms with Crippen molar-refractivity contribution in [2.45, 2.75) is 19.9 Å². The number of hydrogen-bond acceptors (Lipinski definition) is 3. The van der Waals surface area contributed by atoms with Crippen LogP contribution in [0.25, 0.3) is 0 Å². The number of benzene rings is 1. The maximum absolute atomic E-state index is 13.3. The summed E-state index contributed by atoms with van der Waals surface area (Å²) in [4.78, 5) is 9.92. The molecule has 0 amide bonds. The van der Waals surface area contributed by atoms with Gasteiger partial charge in [-0.05, 0) is 26.0 Å². The summed E-state index contributed by atoms with van der Waals surface area (Å²) in [5, 5.41) is 13.5. The molecule has 15 heavy (non-hydrogen) atoms. The summed E-state index contributed by atoms with van der Waals surface area (Å²) in [5.41, 5.74) is -0.339. The first kappa shape index (κ1) is 11.9. The normalized spacial score (nSPS) is 10.5. The minimum absolute atomic E-state index is 0.00241. The summed E-state index contributed by atoms with van der Waals surface area (Å²) < 4.78 is 13.8. The summed E-state index contributed by atoms with van der Waals surface area (Å²) in [6.45, 7) is 3.64. The molecule has 0 unspecified atom stereocenters. The van der Waals surface area contributed by atoms with Crippen molar-refractivity contribution in [1.82, 2.24) is 0 Å². The summed E-state index contributed by atoms with van der Waals surface area (Å²) in [6, 6.07) is 2.56. The summed E-state index contributed by atoms with van der Waals surface area (Å²) in [6.07, 6.45) is 0. The van der Waals surface area contributed by atoms with Gasteiger partial charge in [-0.3, -0.25) is 10.1 Å². The fourth-order valence-electron chi connectivity index (χ4n) is 1.17. The van der Waals surface area contributed by atoms with Crippen LogP contribution in [0.2, 0.25) is 0 Å². The van der Waals surface area contributed by atoms with E-state index in [0.717, 1.165) is 6.07 Å². The van der Waals surface area contributed by atoms with Crippen LogP contribution in [0.4, 0.5) is 15.8 Å². The molecule has 1 aromatic rings. The van der Waals surface area contributed by atoms with E-state index in [2.05, 4.69) is 21.2 Å². The molecule has 0 bridgehead atoms. The zero-order chi connectivity index (χ0) is 11.6. The number of hydrogen-bond donors (Lipinski definition) is 1. The highest BCUT2D eigenvalue weighted by molar-refractivity contribution is 9.10. The van der Waals surface area contributed by atoms with Gasteiger partial charge in [-0.15, -0.1) is 0 Å². The van der Waals surface area contributed by atoms with Crippen LogP contribution in [-0.4, -0.2) is 11.0 Å². The molecule has 6 heteroatoms. The maximum Gasteiger partial charge on any atom is 0.327 e. The van der Waals surface area contributed by atoms with E-state index < -0.39 is 16.4 Å². The Balaban J connectivity index is 3.27. The van der Waals surface area contributed by atoms with E-state index in [4.69, 9.17) is 0 Å². The topological polar surface area (TPSA) is 55.2 Å². The predicted molar refractivity (Wildman–Crippen MR) is 59.5 cm³/mol.